The SMILES string of the molecule is COc1ccc(CCNC(N)=NCc2ccc(OCCCN(C)C)cc2)cc1OC.I. The summed E-state index contributed by atoms with van der Waals surface area (Å²) in [5.41, 5.74) is 8.21. The molecular formula is C23H35IN4O3. The highest BCUT2D eigenvalue weighted by atomic mass is 127. The number of halogens is 1. The third-order valence-corrected chi connectivity index (χ3v) is 4.54. The molecule has 2 aromatic rings. The molecule has 0 aliphatic rings. The van der Waals surface area contributed by atoms with Crippen molar-refractivity contribution in [3.63, 3.8) is 0 Å². The molecule has 0 aromatic heterocycles. The number of guanidine groups is 1. The quantitative estimate of drug-likeness (QED) is 0.186. The van der Waals surface area contributed by atoms with Crippen LogP contribution in [0.2, 0.25) is 0 Å². The van der Waals surface area contributed by atoms with Crippen molar-refractivity contribution in [1.29, 1.82) is 0 Å². The molecule has 31 heavy (non-hydrogen) atoms. The van der Waals surface area contributed by atoms with Crippen LogP contribution in [0.5, 0.6) is 17.2 Å². The summed E-state index contributed by atoms with van der Waals surface area (Å²) in [5, 5.41) is 3.15. The van der Waals surface area contributed by atoms with Gasteiger partial charge < -0.3 is 30.2 Å². The highest BCUT2D eigenvalue weighted by Crippen LogP contribution is 2.27. The molecule has 0 radical (unpaired) electrons. The maximum atomic E-state index is 5.99. The highest BCUT2D eigenvalue weighted by molar-refractivity contribution is 14.0. The minimum absolute atomic E-state index is 0. The first-order valence-electron chi connectivity index (χ1n) is 10.1. The summed E-state index contributed by atoms with van der Waals surface area (Å²) in [6.07, 6.45) is 1.81. The molecular weight excluding hydrogens is 507 g/mol. The summed E-state index contributed by atoms with van der Waals surface area (Å²) in [6, 6.07) is 13.9. The number of benzene rings is 2. The summed E-state index contributed by atoms with van der Waals surface area (Å²) >= 11 is 0. The second-order valence-electron chi connectivity index (χ2n) is 7.22. The summed E-state index contributed by atoms with van der Waals surface area (Å²) in [7, 11) is 7.38. The Bertz CT molecular complexity index is 798. The lowest BCUT2D eigenvalue weighted by molar-refractivity contribution is 0.281. The van der Waals surface area contributed by atoms with Gasteiger partial charge in [-0.2, -0.15) is 0 Å². The van der Waals surface area contributed by atoms with Gasteiger partial charge in [-0.25, -0.2) is 4.99 Å². The highest BCUT2D eigenvalue weighted by Gasteiger charge is 2.04. The van der Waals surface area contributed by atoms with Gasteiger partial charge >= 0.3 is 0 Å². The van der Waals surface area contributed by atoms with E-state index < -0.39 is 0 Å². The van der Waals surface area contributed by atoms with E-state index in [2.05, 4.69) is 29.3 Å². The number of hydrogen-bond donors (Lipinski definition) is 2. The van der Waals surface area contributed by atoms with E-state index in [-0.39, 0.29) is 24.0 Å². The normalized spacial score (nSPS) is 11.1. The van der Waals surface area contributed by atoms with E-state index in [1.807, 2.05) is 42.5 Å². The molecule has 0 aliphatic carbocycles. The average Bonchev–Trinajstić information content (AvgIpc) is 2.75. The van der Waals surface area contributed by atoms with E-state index in [1.165, 1.54) is 0 Å². The number of nitrogens with one attached hydrogen (secondary N) is 1. The summed E-state index contributed by atoms with van der Waals surface area (Å²) in [6.45, 7) is 2.94. The molecule has 2 rings (SSSR count). The van der Waals surface area contributed by atoms with Crippen molar-refractivity contribution in [2.75, 3.05) is 48.0 Å². The monoisotopic (exact) mass is 542 g/mol. The van der Waals surface area contributed by atoms with Crippen molar-refractivity contribution in [3.05, 3.63) is 53.6 Å². The first-order valence-corrected chi connectivity index (χ1v) is 10.1. The molecule has 0 aliphatic heterocycles. The zero-order chi connectivity index (χ0) is 21.8. The van der Waals surface area contributed by atoms with E-state index in [4.69, 9.17) is 19.9 Å². The van der Waals surface area contributed by atoms with E-state index in [0.717, 1.165) is 47.8 Å². The molecule has 0 atom stereocenters. The van der Waals surface area contributed by atoms with Crippen molar-refractivity contribution in [2.24, 2.45) is 10.7 Å². The predicted molar refractivity (Wildman–Crippen MR) is 137 cm³/mol. The number of methoxy groups -OCH3 is 2. The molecule has 0 bridgehead atoms. The van der Waals surface area contributed by atoms with Crippen molar-refractivity contribution < 1.29 is 14.2 Å². The van der Waals surface area contributed by atoms with Crippen molar-refractivity contribution in [1.82, 2.24) is 10.2 Å². The molecule has 3 N–H and O–H groups in total. The van der Waals surface area contributed by atoms with Gasteiger partial charge in [0.1, 0.15) is 5.75 Å². The van der Waals surface area contributed by atoms with Crippen molar-refractivity contribution in [2.45, 2.75) is 19.4 Å². The maximum absolute atomic E-state index is 5.99. The predicted octanol–water partition coefficient (Wildman–Crippen LogP) is 3.30. The maximum Gasteiger partial charge on any atom is 0.188 e. The Morgan fingerprint density at radius 2 is 1.68 bits per heavy atom. The first kappa shape index (κ1) is 26.8. The van der Waals surface area contributed by atoms with Crippen LogP contribution in [0.3, 0.4) is 0 Å². The Labute approximate surface area is 203 Å². The van der Waals surface area contributed by atoms with Crippen LogP contribution >= 0.6 is 24.0 Å². The fraction of sp³-hybridized carbons (Fsp3) is 0.435. The Hall–Kier alpha value is -2.20. The van der Waals surface area contributed by atoms with Crippen LogP contribution in [0.15, 0.2) is 47.5 Å². The lowest BCUT2D eigenvalue weighted by Crippen LogP contribution is -2.33. The summed E-state index contributed by atoms with van der Waals surface area (Å²) in [5.74, 6) is 2.75. The van der Waals surface area contributed by atoms with Gasteiger partial charge in [0.05, 0.1) is 27.4 Å². The van der Waals surface area contributed by atoms with Crippen LogP contribution in [-0.4, -0.2) is 58.9 Å². The van der Waals surface area contributed by atoms with Crippen LogP contribution < -0.4 is 25.3 Å². The lowest BCUT2D eigenvalue weighted by Gasteiger charge is -2.11. The van der Waals surface area contributed by atoms with Crippen molar-refractivity contribution >= 4 is 29.9 Å². The molecule has 0 amide bonds. The van der Waals surface area contributed by atoms with Gasteiger partial charge in [0.15, 0.2) is 17.5 Å². The molecule has 172 valence electrons. The van der Waals surface area contributed by atoms with Crippen LogP contribution in [0.4, 0.5) is 0 Å². The fourth-order valence-corrected chi connectivity index (χ4v) is 2.87. The number of hydrogen-bond acceptors (Lipinski definition) is 5. The molecule has 0 saturated heterocycles. The number of rotatable bonds is 12. The first-order chi connectivity index (χ1) is 14.5. The van der Waals surface area contributed by atoms with Gasteiger partial charge in [0.2, 0.25) is 0 Å². The van der Waals surface area contributed by atoms with Gasteiger partial charge in [0.25, 0.3) is 0 Å². The largest absolute Gasteiger partial charge is 0.494 e. The van der Waals surface area contributed by atoms with Gasteiger partial charge in [-0.05, 0) is 62.3 Å². The average molecular weight is 542 g/mol. The van der Waals surface area contributed by atoms with Gasteiger partial charge in [-0.3, -0.25) is 0 Å². The Morgan fingerprint density at radius 3 is 2.32 bits per heavy atom. The van der Waals surface area contributed by atoms with E-state index >= 15 is 0 Å². The zero-order valence-electron chi connectivity index (χ0n) is 18.9. The number of nitrogens with zero attached hydrogens (tertiary/aromatic N) is 2. The third kappa shape index (κ3) is 10.1. The molecule has 7 nitrogen and oxygen atoms in total. The molecule has 0 spiro atoms. The van der Waals surface area contributed by atoms with E-state index in [9.17, 15) is 0 Å². The molecule has 0 fully saturated rings. The molecule has 0 heterocycles. The Kier molecular flexibility index (Phi) is 12.8. The zero-order valence-corrected chi connectivity index (χ0v) is 21.2. The van der Waals surface area contributed by atoms with Gasteiger partial charge in [-0.1, -0.05) is 18.2 Å². The number of nitrogens with two attached hydrogens (primary N) is 1. The fourth-order valence-electron chi connectivity index (χ4n) is 2.87. The topological polar surface area (TPSA) is 81.3 Å². The molecule has 8 heteroatoms. The second-order valence-corrected chi connectivity index (χ2v) is 7.22. The lowest BCUT2D eigenvalue weighted by atomic mass is 10.1. The van der Waals surface area contributed by atoms with Crippen molar-refractivity contribution in [3.8, 4) is 17.2 Å². The van der Waals surface area contributed by atoms with Crippen LogP contribution in [-0.2, 0) is 13.0 Å². The van der Waals surface area contributed by atoms with Crippen LogP contribution in [0, 0.1) is 0 Å². The Balaban J connectivity index is 0.00000480. The van der Waals surface area contributed by atoms with Crippen LogP contribution in [0.25, 0.3) is 0 Å². The van der Waals surface area contributed by atoms with E-state index in [1.54, 1.807) is 14.2 Å². The minimum Gasteiger partial charge on any atom is -0.494 e. The second kappa shape index (κ2) is 14.7. The molecule has 0 saturated carbocycles. The Morgan fingerprint density at radius 1 is 1.00 bits per heavy atom. The van der Waals surface area contributed by atoms with Crippen LogP contribution in [0.1, 0.15) is 17.5 Å². The smallest absolute Gasteiger partial charge is 0.188 e. The molecule has 0 unspecified atom stereocenters. The third-order valence-electron chi connectivity index (χ3n) is 4.54. The summed E-state index contributed by atoms with van der Waals surface area (Å²) < 4.78 is 16.3. The van der Waals surface area contributed by atoms with Gasteiger partial charge in [0, 0.05) is 13.1 Å². The number of aliphatic imine (C=N–C) groups is 1. The van der Waals surface area contributed by atoms with Gasteiger partial charge in [-0.15, -0.1) is 24.0 Å². The number of ether oxygens (including phenoxy) is 3. The summed E-state index contributed by atoms with van der Waals surface area (Å²) in [4.78, 5) is 6.55. The standard InChI is InChI=1S/C23H34N4O3.HI/c1-27(2)14-5-15-30-20-9-6-19(7-10-20)17-26-23(24)25-13-12-18-8-11-21(28-3)22(16-18)29-4;/h6-11,16H,5,12-15,17H2,1-4H3,(H3,24,25,26);1H. The molecule has 2 aromatic carbocycles. The minimum atomic E-state index is 0. The van der Waals surface area contributed by atoms with E-state index in [0.29, 0.717) is 25.7 Å².